The van der Waals surface area contributed by atoms with Gasteiger partial charge in [0, 0.05) is 36.9 Å². The minimum Gasteiger partial charge on any atom is -0.489 e. The van der Waals surface area contributed by atoms with Crippen LogP contribution in [0.15, 0.2) is 73.3 Å². The highest BCUT2D eigenvalue weighted by Gasteiger charge is 2.13. The molecule has 0 saturated heterocycles. The summed E-state index contributed by atoms with van der Waals surface area (Å²) in [6, 6.07) is 13.8. The van der Waals surface area contributed by atoms with Crippen molar-refractivity contribution in [2.75, 3.05) is 0 Å². The number of amides is 1. The van der Waals surface area contributed by atoms with E-state index in [-0.39, 0.29) is 24.0 Å². The smallest absolute Gasteiger partial charge is 0.274 e. The number of benzene rings is 2. The van der Waals surface area contributed by atoms with E-state index in [1.54, 1.807) is 53.5 Å². The molecule has 0 unspecified atom stereocenters. The molecule has 2 aromatic heterocycles. The van der Waals surface area contributed by atoms with Gasteiger partial charge in [-0.3, -0.25) is 4.79 Å². The second-order valence-electron chi connectivity index (χ2n) is 6.14. The van der Waals surface area contributed by atoms with E-state index in [1.165, 1.54) is 6.07 Å². The lowest BCUT2D eigenvalue weighted by atomic mass is 10.2. The summed E-state index contributed by atoms with van der Waals surface area (Å²) in [5.41, 5.74) is 2.11. The standard InChI is InChI=1S/C21H17FN4O2/c22-18-7-2-1-5-16(18)14-28-17-6-3-4-15(12-17)13-25-21(27)19-20-24-9-11-26(20)10-8-23-19/h1-12H,13-14H2,(H,25,27). The van der Waals surface area contributed by atoms with Gasteiger partial charge in [-0.25, -0.2) is 14.4 Å². The van der Waals surface area contributed by atoms with Crippen LogP contribution in [-0.4, -0.2) is 20.3 Å². The van der Waals surface area contributed by atoms with Crippen molar-refractivity contribution in [3.8, 4) is 5.75 Å². The quantitative estimate of drug-likeness (QED) is 0.560. The maximum Gasteiger partial charge on any atom is 0.274 e. The fourth-order valence-corrected chi connectivity index (χ4v) is 2.80. The zero-order chi connectivity index (χ0) is 19.3. The summed E-state index contributed by atoms with van der Waals surface area (Å²) < 4.78 is 21.1. The maximum atomic E-state index is 13.7. The van der Waals surface area contributed by atoms with E-state index in [4.69, 9.17) is 4.74 Å². The Morgan fingerprint density at radius 2 is 1.89 bits per heavy atom. The number of hydrogen-bond donors (Lipinski definition) is 1. The van der Waals surface area contributed by atoms with Crippen molar-refractivity contribution in [3.63, 3.8) is 0 Å². The van der Waals surface area contributed by atoms with Crippen molar-refractivity contribution in [1.82, 2.24) is 19.7 Å². The van der Waals surface area contributed by atoms with E-state index in [2.05, 4.69) is 15.3 Å². The average Bonchev–Trinajstić information content (AvgIpc) is 3.21. The van der Waals surface area contributed by atoms with E-state index in [0.717, 1.165) is 5.56 Å². The SMILES string of the molecule is O=C(NCc1cccc(OCc2ccccc2F)c1)c1nccn2ccnc12. The van der Waals surface area contributed by atoms with Crippen LogP contribution < -0.4 is 10.1 Å². The highest BCUT2D eigenvalue weighted by atomic mass is 19.1. The van der Waals surface area contributed by atoms with Crippen molar-refractivity contribution in [3.05, 3.63) is 96.0 Å². The molecule has 0 spiro atoms. The Bertz CT molecular complexity index is 1130. The average molecular weight is 376 g/mol. The number of aromatic nitrogens is 3. The lowest BCUT2D eigenvalue weighted by Gasteiger charge is -2.10. The molecule has 0 aliphatic heterocycles. The molecule has 0 saturated carbocycles. The molecule has 140 valence electrons. The van der Waals surface area contributed by atoms with Crippen molar-refractivity contribution in [2.24, 2.45) is 0 Å². The van der Waals surface area contributed by atoms with E-state index in [9.17, 15) is 9.18 Å². The lowest BCUT2D eigenvalue weighted by Crippen LogP contribution is -2.24. The zero-order valence-electron chi connectivity index (χ0n) is 14.9. The molecular weight excluding hydrogens is 359 g/mol. The summed E-state index contributed by atoms with van der Waals surface area (Å²) in [5.74, 6) is -0.00968. The minimum absolute atomic E-state index is 0.133. The topological polar surface area (TPSA) is 68.5 Å². The number of nitrogens with one attached hydrogen (secondary N) is 1. The molecule has 0 bridgehead atoms. The normalized spacial score (nSPS) is 10.8. The van der Waals surface area contributed by atoms with Gasteiger partial charge in [0.2, 0.25) is 0 Å². The predicted octanol–water partition coefficient (Wildman–Crippen LogP) is 3.38. The van der Waals surface area contributed by atoms with Crippen LogP contribution in [0.3, 0.4) is 0 Å². The highest BCUT2D eigenvalue weighted by Crippen LogP contribution is 2.16. The number of nitrogens with zero attached hydrogens (tertiary/aromatic N) is 3. The molecule has 0 fully saturated rings. The number of halogens is 1. The third-order valence-electron chi connectivity index (χ3n) is 4.23. The van der Waals surface area contributed by atoms with Crippen LogP contribution in [-0.2, 0) is 13.2 Å². The van der Waals surface area contributed by atoms with Crippen LogP contribution in [0.2, 0.25) is 0 Å². The number of imidazole rings is 1. The molecule has 0 radical (unpaired) electrons. The van der Waals surface area contributed by atoms with Crippen molar-refractivity contribution >= 4 is 11.6 Å². The number of rotatable bonds is 6. The number of fused-ring (bicyclic) bond motifs is 1. The second-order valence-corrected chi connectivity index (χ2v) is 6.14. The first-order chi connectivity index (χ1) is 13.7. The Hall–Kier alpha value is -3.74. The van der Waals surface area contributed by atoms with Gasteiger partial charge in [-0.15, -0.1) is 0 Å². The molecule has 0 aliphatic carbocycles. The summed E-state index contributed by atoms with van der Waals surface area (Å²) in [5, 5.41) is 2.84. The number of hydrogen-bond acceptors (Lipinski definition) is 4. The molecule has 0 atom stereocenters. The van der Waals surface area contributed by atoms with Crippen molar-refractivity contribution < 1.29 is 13.9 Å². The van der Waals surface area contributed by atoms with Crippen LogP contribution in [0.5, 0.6) is 5.75 Å². The second kappa shape index (κ2) is 7.87. The molecule has 2 heterocycles. The first-order valence-electron chi connectivity index (χ1n) is 8.72. The Morgan fingerprint density at radius 1 is 1.07 bits per heavy atom. The number of carbonyl (C=O) groups is 1. The fraction of sp³-hybridized carbons (Fsp3) is 0.0952. The lowest BCUT2D eigenvalue weighted by molar-refractivity contribution is 0.0947. The first kappa shape index (κ1) is 17.7. The highest BCUT2D eigenvalue weighted by molar-refractivity contribution is 5.97. The van der Waals surface area contributed by atoms with Gasteiger partial charge in [0.25, 0.3) is 5.91 Å². The van der Waals surface area contributed by atoms with Crippen LogP contribution in [0.1, 0.15) is 21.6 Å². The molecular formula is C21H17FN4O2. The van der Waals surface area contributed by atoms with Gasteiger partial charge >= 0.3 is 0 Å². The summed E-state index contributed by atoms with van der Waals surface area (Å²) >= 11 is 0. The third-order valence-corrected chi connectivity index (χ3v) is 4.23. The molecule has 28 heavy (non-hydrogen) atoms. The number of ether oxygens (including phenoxy) is 1. The summed E-state index contributed by atoms with van der Waals surface area (Å²) in [7, 11) is 0. The molecule has 6 nitrogen and oxygen atoms in total. The van der Waals surface area contributed by atoms with Crippen molar-refractivity contribution in [1.29, 1.82) is 0 Å². The summed E-state index contributed by atoms with van der Waals surface area (Å²) in [6.07, 6.45) is 6.66. The molecule has 7 heteroatoms. The van der Waals surface area contributed by atoms with Crippen LogP contribution in [0, 0.1) is 5.82 Å². The molecule has 4 aromatic rings. The first-order valence-corrected chi connectivity index (χ1v) is 8.72. The van der Waals surface area contributed by atoms with Gasteiger partial charge in [-0.1, -0.05) is 30.3 Å². The largest absolute Gasteiger partial charge is 0.489 e. The Kier molecular flexibility index (Phi) is 4.97. The Labute approximate surface area is 160 Å². The van der Waals surface area contributed by atoms with Gasteiger partial charge < -0.3 is 14.5 Å². The number of carbonyl (C=O) groups excluding carboxylic acids is 1. The summed E-state index contributed by atoms with van der Waals surface area (Å²) in [6.45, 7) is 0.438. The maximum absolute atomic E-state index is 13.7. The van der Waals surface area contributed by atoms with E-state index in [0.29, 0.717) is 23.5 Å². The van der Waals surface area contributed by atoms with Crippen LogP contribution in [0.25, 0.3) is 5.65 Å². The van der Waals surface area contributed by atoms with Crippen molar-refractivity contribution in [2.45, 2.75) is 13.2 Å². The van der Waals surface area contributed by atoms with Gasteiger partial charge in [-0.2, -0.15) is 0 Å². The molecule has 4 rings (SSSR count). The van der Waals surface area contributed by atoms with Gasteiger partial charge in [0.1, 0.15) is 18.2 Å². The van der Waals surface area contributed by atoms with E-state index < -0.39 is 0 Å². The van der Waals surface area contributed by atoms with Crippen LogP contribution in [0.4, 0.5) is 4.39 Å². The fourth-order valence-electron chi connectivity index (χ4n) is 2.80. The third kappa shape index (κ3) is 3.83. The van der Waals surface area contributed by atoms with E-state index in [1.807, 2.05) is 18.2 Å². The molecule has 2 aromatic carbocycles. The van der Waals surface area contributed by atoms with Gasteiger partial charge in [-0.05, 0) is 23.8 Å². The van der Waals surface area contributed by atoms with Gasteiger partial charge in [0.05, 0.1) is 0 Å². The minimum atomic E-state index is -0.311. The summed E-state index contributed by atoms with van der Waals surface area (Å²) in [4.78, 5) is 20.7. The van der Waals surface area contributed by atoms with E-state index >= 15 is 0 Å². The Morgan fingerprint density at radius 3 is 2.75 bits per heavy atom. The molecule has 0 aliphatic rings. The predicted molar refractivity (Wildman–Crippen MR) is 101 cm³/mol. The zero-order valence-corrected chi connectivity index (χ0v) is 14.9. The molecule has 1 N–H and O–H groups in total. The monoisotopic (exact) mass is 376 g/mol. The van der Waals surface area contributed by atoms with Crippen LogP contribution >= 0.6 is 0 Å². The molecule has 1 amide bonds. The van der Waals surface area contributed by atoms with Gasteiger partial charge in [0.15, 0.2) is 11.3 Å². The Balaban J connectivity index is 1.40.